The van der Waals surface area contributed by atoms with E-state index in [0.29, 0.717) is 0 Å². The predicted molar refractivity (Wildman–Crippen MR) is 122 cm³/mol. The van der Waals surface area contributed by atoms with Crippen LogP contribution >= 0.6 is 0 Å². The summed E-state index contributed by atoms with van der Waals surface area (Å²) in [6, 6.07) is 19.3. The van der Waals surface area contributed by atoms with Crippen molar-refractivity contribution in [3.63, 3.8) is 0 Å². The lowest BCUT2D eigenvalue weighted by Crippen LogP contribution is -2.22. The number of hydrogen-bond acceptors (Lipinski definition) is 1. The molecule has 0 spiro atoms. The van der Waals surface area contributed by atoms with E-state index in [-0.39, 0.29) is 5.41 Å². The fourth-order valence-electron chi connectivity index (χ4n) is 4.10. The molecule has 0 N–H and O–H groups in total. The molecule has 1 aliphatic heterocycles. The van der Waals surface area contributed by atoms with Crippen LogP contribution in [0.2, 0.25) is 0 Å². The van der Waals surface area contributed by atoms with Crippen LogP contribution in [0, 0.1) is 6.72 Å². The number of rotatable bonds is 1. The largest absolute Gasteiger partial charge is 0.661 e. The van der Waals surface area contributed by atoms with Gasteiger partial charge in [-0.2, -0.15) is 10.4 Å². The summed E-state index contributed by atoms with van der Waals surface area (Å²) in [6.07, 6.45) is 7.48. The van der Waals surface area contributed by atoms with Gasteiger partial charge in [0.1, 0.15) is 12.5 Å². The van der Waals surface area contributed by atoms with Crippen LogP contribution in [0.1, 0.15) is 37.7 Å². The van der Waals surface area contributed by atoms with Gasteiger partial charge < -0.3 is 9.73 Å². The summed E-state index contributed by atoms with van der Waals surface area (Å²) in [4.78, 5) is 0. The molecule has 4 aromatic rings. The highest BCUT2D eigenvalue weighted by molar-refractivity contribution is 5.90. The van der Waals surface area contributed by atoms with Gasteiger partial charge in [0, 0.05) is 23.3 Å². The summed E-state index contributed by atoms with van der Waals surface area (Å²) in [5, 5.41) is 8.13. The van der Waals surface area contributed by atoms with Gasteiger partial charge >= 0.3 is 0 Å². The van der Waals surface area contributed by atoms with E-state index in [0.717, 1.165) is 33.5 Å². The van der Waals surface area contributed by atoms with E-state index in [2.05, 4.69) is 75.3 Å². The lowest BCUT2D eigenvalue weighted by Gasteiger charge is -2.24. The van der Waals surface area contributed by atoms with Gasteiger partial charge in [0.2, 0.25) is 5.69 Å². The average molecular weight is 393 g/mol. The molecule has 2 aromatic carbocycles. The van der Waals surface area contributed by atoms with Crippen molar-refractivity contribution >= 4 is 22.5 Å². The molecule has 3 heteroatoms. The van der Waals surface area contributed by atoms with E-state index in [1.807, 2.05) is 34.8 Å². The van der Waals surface area contributed by atoms with Gasteiger partial charge in [0.15, 0.2) is 6.20 Å². The lowest BCUT2D eigenvalue weighted by molar-refractivity contribution is -0.486. The summed E-state index contributed by atoms with van der Waals surface area (Å²) in [7, 11) is 0. The van der Waals surface area contributed by atoms with E-state index < -0.39 is 0 Å². The number of furan rings is 1. The molecule has 0 unspecified atom stereocenters. The number of hydrogen-bond donors (Lipinski definition) is 0. The third-order valence-electron chi connectivity index (χ3n) is 5.64. The molecule has 0 saturated heterocycles. The zero-order chi connectivity index (χ0) is 20.9. The Morgan fingerprint density at radius 2 is 1.83 bits per heavy atom. The normalized spacial score (nSPS) is 15.2. The summed E-state index contributed by atoms with van der Waals surface area (Å²) in [5.74, 6) is 0.805. The molecule has 2 aromatic heterocycles. The lowest BCUT2D eigenvalue weighted by atomic mass is 9.82. The highest BCUT2D eigenvalue weighted by Gasteiger charge is 2.20. The first-order valence-electron chi connectivity index (χ1n) is 10.1. The molecular formula is C27H24N2O. The molecule has 148 valence electrons. The van der Waals surface area contributed by atoms with Crippen LogP contribution < -0.4 is 9.46 Å². The molecule has 0 amide bonds. The maximum Gasteiger partial charge on any atom is 0.217 e. The molecule has 0 radical (unpaired) electrons. The third-order valence-corrected chi connectivity index (χ3v) is 5.64. The molecule has 0 aliphatic carbocycles. The van der Waals surface area contributed by atoms with Crippen molar-refractivity contribution in [2.75, 3.05) is 0 Å². The summed E-state index contributed by atoms with van der Waals surface area (Å²) in [6.45, 7) is 11.0. The van der Waals surface area contributed by atoms with Gasteiger partial charge in [0.05, 0.1) is 6.26 Å². The van der Waals surface area contributed by atoms with Crippen molar-refractivity contribution in [3.05, 3.63) is 107 Å². The van der Waals surface area contributed by atoms with Crippen LogP contribution in [0.15, 0.2) is 77.7 Å². The monoisotopic (exact) mass is 392 g/mol. The van der Waals surface area contributed by atoms with E-state index in [1.165, 1.54) is 16.3 Å². The SMILES string of the molecule is C=[n+]1ccc(=C2[N-]C=Cc3ccoc32)cc1-c1cc(C(C)(C)C)c2ccccc2c1. The van der Waals surface area contributed by atoms with Gasteiger partial charge in [-0.1, -0.05) is 56.8 Å². The van der Waals surface area contributed by atoms with Crippen molar-refractivity contribution in [1.82, 2.24) is 0 Å². The average Bonchev–Trinajstić information content (AvgIpc) is 3.22. The van der Waals surface area contributed by atoms with Crippen LogP contribution in [0.4, 0.5) is 0 Å². The summed E-state index contributed by atoms with van der Waals surface area (Å²) < 4.78 is 7.63. The Kier molecular flexibility index (Phi) is 4.14. The van der Waals surface area contributed by atoms with E-state index in [4.69, 9.17) is 4.42 Å². The van der Waals surface area contributed by atoms with Crippen LogP contribution in [0.5, 0.6) is 0 Å². The topological polar surface area (TPSA) is 33.1 Å². The fraction of sp³-hybridized carbons (Fsp3) is 0.148. The second-order valence-corrected chi connectivity index (χ2v) is 8.76. The van der Waals surface area contributed by atoms with Crippen molar-refractivity contribution in [2.24, 2.45) is 0 Å². The molecule has 30 heavy (non-hydrogen) atoms. The first-order chi connectivity index (χ1) is 14.4. The number of benzene rings is 2. The Balaban J connectivity index is 1.78. The third kappa shape index (κ3) is 3.03. The molecule has 1 aliphatic rings. The molecule has 5 rings (SSSR count). The number of nitrogens with zero attached hydrogens (tertiary/aromatic N) is 2. The molecule has 0 atom stereocenters. The van der Waals surface area contributed by atoms with Gasteiger partial charge in [-0.3, -0.25) is 0 Å². The van der Waals surface area contributed by atoms with Crippen molar-refractivity contribution in [2.45, 2.75) is 26.2 Å². The molecule has 0 saturated carbocycles. The van der Waals surface area contributed by atoms with Crippen LogP contribution in [0.25, 0.3) is 39.1 Å². The van der Waals surface area contributed by atoms with Gasteiger partial charge in [-0.05, 0) is 45.2 Å². The fourth-order valence-corrected chi connectivity index (χ4v) is 4.10. The summed E-state index contributed by atoms with van der Waals surface area (Å²) in [5.41, 5.74) is 5.42. The molecule has 0 bridgehead atoms. The second kappa shape index (κ2) is 6.74. The minimum Gasteiger partial charge on any atom is -0.661 e. The number of fused-ring (bicyclic) bond motifs is 2. The van der Waals surface area contributed by atoms with Gasteiger partial charge in [0.25, 0.3) is 0 Å². The predicted octanol–water partition coefficient (Wildman–Crippen LogP) is 5.84. The maximum absolute atomic E-state index is 5.72. The van der Waals surface area contributed by atoms with Crippen LogP contribution in [-0.2, 0) is 5.41 Å². The maximum atomic E-state index is 5.72. The molecule has 0 fully saturated rings. The first-order valence-corrected chi connectivity index (χ1v) is 10.1. The van der Waals surface area contributed by atoms with Gasteiger partial charge in [-0.25, -0.2) is 0 Å². The Labute approximate surface area is 176 Å². The number of pyridine rings is 1. The minimum absolute atomic E-state index is 0.0283. The van der Waals surface area contributed by atoms with Crippen LogP contribution in [-0.4, -0.2) is 0 Å². The van der Waals surface area contributed by atoms with E-state index in [1.54, 1.807) is 6.26 Å². The molecule has 3 heterocycles. The van der Waals surface area contributed by atoms with Gasteiger partial charge in [-0.15, -0.1) is 0 Å². The van der Waals surface area contributed by atoms with Crippen molar-refractivity contribution in [3.8, 4) is 11.3 Å². The Bertz CT molecular complexity index is 1420. The zero-order valence-corrected chi connectivity index (χ0v) is 17.5. The Morgan fingerprint density at radius 3 is 2.67 bits per heavy atom. The van der Waals surface area contributed by atoms with E-state index >= 15 is 0 Å². The number of aromatic nitrogens is 1. The molecule has 3 nitrogen and oxygen atoms in total. The Morgan fingerprint density at radius 1 is 1.00 bits per heavy atom. The van der Waals surface area contributed by atoms with Crippen LogP contribution in [0.3, 0.4) is 0 Å². The first kappa shape index (κ1) is 18.4. The highest BCUT2D eigenvalue weighted by atomic mass is 16.3. The molecular weight excluding hydrogens is 368 g/mol. The second-order valence-electron chi connectivity index (χ2n) is 8.76. The van der Waals surface area contributed by atoms with E-state index in [9.17, 15) is 0 Å². The smallest absolute Gasteiger partial charge is 0.217 e. The van der Waals surface area contributed by atoms with Crippen molar-refractivity contribution in [1.29, 1.82) is 0 Å². The summed E-state index contributed by atoms with van der Waals surface area (Å²) >= 11 is 0. The zero-order valence-electron chi connectivity index (χ0n) is 17.5. The quantitative estimate of drug-likeness (QED) is 0.375. The minimum atomic E-state index is 0.0283. The standard InChI is InChI=1S/C27H24N2O/c1-27(2,3)23-16-21(15-19-7-5-6-8-22(19)23)24-17-20(10-13-29(24)4)25-26-18(9-12-28-25)11-14-30-26/h5-17H,4H2,1-3H3. The highest BCUT2D eigenvalue weighted by Crippen LogP contribution is 2.34. The van der Waals surface area contributed by atoms with Crippen molar-refractivity contribution < 1.29 is 8.66 Å². The Hall–Kier alpha value is -3.59.